The molecule has 162 valence electrons. The monoisotopic (exact) mass is 422 g/mol. The van der Waals surface area contributed by atoms with Crippen LogP contribution in [0.5, 0.6) is 0 Å². The predicted octanol–water partition coefficient (Wildman–Crippen LogP) is 0.731. The van der Waals surface area contributed by atoms with Crippen molar-refractivity contribution in [2.45, 2.75) is 0 Å². The lowest BCUT2D eigenvalue weighted by atomic mass is 10.1. The maximum Gasteiger partial charge on any atom is 0.261 e. The number of carbonyl (C=O) groups excluding carboxylic acids is 2. The van der Waals surface area contributed by atoms with Gasteiger partial charge in [-0.2, -0.15) is 4.98 Å². The van der Waals surface area contributed by atoms with Crippen molar-refractivity contribution in [2.75, 3.05) is 75.4 Å². The van der Waals surface area contributed by atoms with E-state index >= 15 is 0 Å². The van der Waals surface area contributed by atoms with E-state index in [-0.39, 0.29) is 11.8 Å². The Labute approximate surface area is 181 Å². The van der Waals surface area contributed by atoms with E-state index in [0.717, 1.165) is 64.2 Å². The van der Waals surface area contributed by atoms with Gasteiger partial charge in [-0.25, -0.2) is 4.98 Å². The molecule has 2 fully saturated rings. The Morgan fingerprint density at radius 3 is 2.16 bits per heavy atom. The zero-order chi connectivity index (χ0) is 21.2. The number of rotatable bonds is 5. The zero-order valence-corrected chi connectivity index (χ0v) is 17.4. The molecule has 4 heterocycles. The van der Waals surface area contributed by atoms with Crippen molar-refractivity contribution >= 4 is 23.6 Å². The lowest BCUT2D eigenvalue weighted by molar-refractivity contribution is 0.0635. The molecule has 0 aliphatic carbocycles. The van der Waals surface area contributed by atoms with Gasteiger partial charge in [-0.1, -0.05) is 12.1 Å². The van der Waals surface area contributed by atoms with Crippen LogP contribution in [0.3, 0.4) is 0 Å². The number of piperazine rings is 1. The molecule has 3 aliphatic rings. The number of hydrogen-bond acceptors (Lipinski definition) is 8. The average Bonchev–Trinajstić information content (AvgIpc) is 3.08. The van der Waals surface area contributed by atoms with Crippen molar-refractivity contribution in [1.82, 2.24) is 19.8 Å². The summed E-state index contributed by atoms with van der Waals surface area (Å²) >= 11 is 0. The molecule has 0 saturated carbocycles. The number of hydrogen-bond donors (Lipinski definition) is 0. The molecule has 2 amide bonds. The van der Waals surface area contributed by atoms with Gasteiger partial charge in [-0.15, -0.1) is 0 Å². The van der Waals surface area contributed by atoms with Crippen LogP contribution >= 0.6 is 0 Å². The van der Waals surface area contributed by atoms with Gasteiger partial charge in [-0.3, -0.25) is 19.4 Å². The number of amides is 2. The SMILES string of the molecule is O=C1c2ccccc2C(=O)N1CCN1CCN(c2nccc(N3CCOCC3)n2)CC1. The summed E-state index contributed by atoms with van der Waals surface area (Å²) in [4.78, 5) is 42.4. The van der Waals surface area contributed by atoms with Crippen LogP contribution in [-0.4, -0.2) is 97.2 Å². The highest BCUT2D eigenvalue weighted by Crippen LogP contribution is 2.22. The predicted molar refractivity (Wildman–Crippen MR) is 116 cm³/mol. The fraction of sp³-hybridized carbons (Fsp3) is 0.455. The van der Waals surface area contributed by atoms with Crippen molar-refractivity contribution in [3.05, 3.63) is 47.7 Å². The fourth-order valence-corrected chi connectivity index (χ4v) is 4.32. The Kier molecular flexibility index (Phi) is 5.52. The molecular weight excluding hydrogens is 396 g/mol. The van der Waals surface area contributed by atoms with Crippen molar-refractivity contribution < 1.29 is 14.3 Å². The summed E-state index contributed by atoms with van der Waals surface area (Å²) in [6.07, 6.45) is 1.82. The minimum absolute atomic E-state index is 0.187. The van der Waals surface area contributed by atoms with E-state index in [2.05, 4.69) is 19.7 Å². The lowest BCUT2D eigenvalue weighted by Crippen LogP contribution is -2.49. The fourth-order valence-electron chi connectivity index (χ4n) is 4.32. The Morgan fingerprint density at radius 1 is 0.806 bits per heavy atom. The summed E-state index contributed by atoms with van der Waals surface area (Å²) in [6, 6.07) is 8.98. The third-order valence-corrected chi connectivity index (χ3v) is 6.14. The number of aromatic nitrogens is 2. The first-order valence-electron chi connectivity index (χ1n) is 10.8. The van der Waals surface area contributed by atoms with Crippen LogP contribution < -0.4 is 9.80 Å². The minimum Gasteiger partial charge on any atom is -0.378 e. The van der Waals surface area contributed by atoms with E-state index in [0.29, 0.717) is 24.2 Å². The molecule has 9 heteroatoms. The number of nitrogens with zero attached hydrogens (tertiary/aromatic N) is 6. The van der Waals surface area contributed by atoms with Crippen molar-refractivity contribution in [3.63, 3.8) is 0 Å². The second kappa shape index (κ2) is 8.60. The number of imide groups is 1. The number of carbonyl (C=O) groups is 2. The number of morpholine rings is 1. The standard InChI is InChI=1S/C22H26N6O3/c29-20-17-3-1-2-4-18(17)21(30)28(20)12-9-25-7-10-27(11-8-25)22-23-6-5-19(24-22)26-13-15-31-16-14-26/h1-6H,7-16H2. The zero-order valence-electron chi connectivity index (χ0n) is 17.4. The topological polar surface area (TPSA) is 82.1 Å². The smallest absolute Gasteiger partial charge is 0.261 e. The summed E-state index contributed by atoms with van der Waals surface area (Å²) in [5, 5.41) is 0. The molecule has 31 heavy (non-hydrogen) atoms. The average molecular weight is 422 g/mol. The molecule has 0 spiro atoms. The molecule has 5 rings (SSSR count). The highest BCUT2D eigenvalue weighted by Gasteiger charge is 2.35. The molecule has 2 saturated heterocycles. The van der Waals surface area contributed by atoms with Crippen LogP contribution in [0.25, 0.3) is 0 Å². The summed E-state index contributed by atoms with van der Waals surface area (Å²) in [5.74, 6) is 1.32. The van der Waals surface area contributed by atoms with E-state index < -0.39 is 0 Å². The third kappa shape index (κ3) is 3.98. The first-order valence-corrected chi connectivity index (χ1v) is 10.8. The maximum absolute atomic E-state index is 12.5. The van der Waals surface area contributed by atoms with Crippen LogP contribution in [0.2, 0.25) is 0 Å². The number of ether oxygens (including phenoxy) is 1. The van der Waals surface area contributed by atoms with Gasteiger partial charge in [0.2, 0.25) is 5.95 Å². The molecule has 1 aromatic heterocycles. The van der Waals surface area contributed by atoms with Gasteiger partial charge in [-0.05, 0) is 18.2 Å². The molecule has 0 atom stereocenters. The number of anilines is 2. The summed E-state index contributed by atoms with van der Waals surface area (Å²) in [5.41, 5.74) is 1.02. The highest BCUT2D eigenvalue weighted by atomic mass is 16.5. The molecule has 2 aromatic rings. The largest absolute Gasteiger partial charge is 0.378 e. The van der Waals surface area contributed by atoms with Gasteiger partial charge >= 0.3 is 0 Å². The van der Waals surface area contributed by atoms with E-state index in [1.54, 1.807) is 24.3 Å². The first-order chi connectivity index (χ1) is 15.2. The van der Waals surface area contributed by atoms with E-state index in [1.165, 1.54) is 4.90 Å². The van der Waals surface area contributed by atoms with E-state index in [9.17, 15) is 9.59 Å². The van der Waals surface area contributed by atoms with Crippen LogP contribution in [0, 0.1) is 0 Å². The molecule has 9 nitrogen and oxygen atoms in total. The van der Waals surface area contributed by atoms with Crippen molar-refractivity contribution in [2.24, 2.45) is 0 Å². The third-order valence-electron chi connectivity index (χ3n) is 6.14. The molecule has 0 N–H and O–H groups in total. The molecule has 3 aliphatic heterocycles. The van der Waals surface area contributed by atoms with Crippen molar-refractivity contribution in [1.29, 1.82) is 0 Å². The first kappa shape index (κ1) is 19.9. The Balaban J connectivity index is 1.15. The van der Waals surface area contributed by atoms with Crippen LogP contribution in [0.15, 0.2) is 36.5 Å². The molecule has 0 radical (unpaired) electrons. The van der Waals surface area contributed by atoms with E-state index in [1.807, 2.05) is 12.3 Å². The minimum atomic E-state index is -0.187. The highest BCUT2D eigenvalue weighted by molar-refractivity contribution is 6.21. The second-order valence-corrected chi connectivity index (χ2v) is 7.95. The summed E-state index contributed by atoms with van der Waals surface area (Å²) in [6.45, 7) is 7.55. The van der Waals surface area contributed by atoms with Crippen molar-refractivity contribution in [3.8, 4) is 0 Å². The molecule has 0 unspecified atom stereocenters. The molecule has 1 aromatic carbocycles. The summed E-state index contributed by atoms with van der Waals surface area (Å²) < 4.78 is 5.42. The van der Waals surface area contributed by atoms with Crippen LogP contribution in [-0.2, 0) is 4.74 Å². The van der Waals surface area contributed by atoms with Crippen LogP contribution in [0.1, 0.15) is 20.7 Å². The number of benzene rings is 1. The lowest BCUT2D eigenvalue weighted by Gasteiger charge is -2.35. The Morgan fingerprint density at radius 2 is 1.48 bits per heavy atom. The Hall–Kier alpha value is -3.04. The maximum atomic E-state index is 12.5. The number of fused-ring (bicyclic) bond motifs is 1. The van der Waals surface area contributed by atoms with E-state index in [4.69, 9.17) is 9.72 Å². The second-order valence-electron chi connectivity index (χ2n) is 7.95. The van der Waals surface area contributed by atoms with Gasteiger partial charge in [0.1, 0.15) is 5.82 Å². The Bertz CT molecular complexity index is 934. The van der Waals surface area contributed by atoms with Gasteiger partial charge in [0.15, 0.2) is 0 Å². The van der Waals surface area contributed by atoms with Gasteiger partial charge < -0.3 is 14.5 Å². The van der Waals surface area contributed by atoms with Gasteiger partial charge in [0, 0.05) is 58.6 Å². The van der Waals surface area contributed by atoms with Gasteiger partial charge in [0.25, 0.3) is 11.8 Å². The molecule has 0 bridgehead atoms. The normalized spacial score (nSPS) is 19.8. The summed E-state index contributed by atoms with van der Waals surface area (Å²) in [7, 11) is 0. The molecular formula is C22H26N6O3. The van der Waals surface area contributed by atoms with Crippen LogP contribution in [0.4, 0.5) is 11.8 Å². The quantitative estimate of drug-likeness (QED) is 0.653. The van der Waals surface area contributed by atoms with Gasteiger partial charge in [0.05, 0.1) is 24.3 Å².